The Hall–Kier alpha value is -2.54. The first kappa shape index (κ1) is 16.3. The normalized spacial score (nSPS) is 16.1. The van der Waals surface area contributed by atoms with E-state index >= 15 is 0 Å². The highest BCUT2D eigenvalue weighted by atomic mass is 32.2. The molecule has 7 heteroatoms. The number of anilines is 2. The van der Waals surface area contributed by atoms with Crippen molar-refractivity contribution in [2.24, 2.45) is 0 Å². The van der Waals surface area contributed by atoms with E-state index in [2.05, 4.69) is 5.32 Å². The van der Waals surface area contributed by atoms with Gasteiger partial charge in [0.2, 0.25) is 10.0 Å². The molecule has 0 spiro atoms. The number of rotatable bonds is 3. The van der Waals surface area contributed by atoms with Gasteiger partial charge in [-0.3, -0.25) is 9.10 Å². The number of sulfonamides is 1. The third-order valence-electron chi connectivity index (χ3n) is 3.91. The summed E-state index contributed by atoms with van der Waals surface area (Å²) in [6.45, 7) is 2.30. The van der Waals surface area contributed by atoms with Gasteiger partial charge in [0, 0.05) is 12.2 Å². The Morgan fingerprint density at radius 2 is 1.88 bits per heavy atom. The molecule has 0 saturated carbocycles. The zero-order valence-electron chi connectivity index (χ0n) is 13.2. The lowest BCUT2D eigenvalue weighted by atomic mass is 10.1. The molecule has 6 nitrogen and oxygen atoms in total. The molecule has 1 fully saturated rings. The number of carbonyl (C=O) groups is 1. The first-order valence-corrected chi connectivity index (χ1v) is 9.19. The van der Waals surface area contributed by atoms with Crippen LogP contribution in [0.4, 0.5) is 11.4 Å². The number of nitrogens with zero attached hydrogens (tertiary/aromatic N) is 1. The van der Waals surface area contributed by atoms with E-state index in [1.165, 1.54) is 10.4 Å². The summed E-state index contributed by atoms with van der Waals surface area (Å²) in [6, 6.07) is 11.4. The molecule has 1 heterocycles. The second-order valence-corrected chi connectivity index (χ2v) is 7.78. The Morgan fingerprint density at radius 1 is 1.17 bits per heavy atom. The molecular formula is C17H18N2O4S. The van der Waals surface area contributed by atoms with Crippen LogP contribution in [0.1, 0.15) is 22.3 Å². The first-order valence-electron chi connectivity index (χ1n) is 7.58. The van der Waals surface area contributed by atoms with E-state index in [9.17, 15) is 18.3 Å². The molecule has 3 rings (SSSR count). The van der Waals surface area contributed by atoms with E-state index in [0.29, 0.717) is 24.3 Å². The highest BCUT2D eigenvalue weighted by Gasteiger charge is 2.28. The summed E-state index contributed by atoms with van der Waals surface area (Å²) in [6.07, 6.45) is 0.619. The third-order valence-corrected chi connectivity index (χ3v) is 5.78. The van der Waals surface area contributed by atoms with Gasteiger partial charge < -0.3 is 10.4 Å². The topological polar surface area (TPSA) is 86.7 Å². The van der Waals surface area contributed by atoms with Crippen molar-refractivity contribution < 1.29 is 18.3 Å². The van der Waals surface area contributed by atoms with Crippen LogP contribution >= 0.6 is 0 Å². The molecule has 2 N–H and O–H groups in total. The molecule has 24 heavy (non-hydrogen) atoms. The third kappa shape index (κ3) is 3.21. The SMILES string of the molecule is Cc1ccc(C(=O)Nc2ccc(N3CCCS3(=O)=O)cc2)c(O)c1. The second kappa shape index (κ2) is 6.16. The van der Waals surface area contributed by atoms with Crippen LogP contribution in [0.15, 0.2) is 42.5 Å². The number of nitrogens with one attached hydrogen (secondary N) is 1. The molecule has 0 aliphatic carbocycles. The average Bonchev–Trinajstić information content (AvgIpc) is 2.87. The maximum Gasteiger partial charge on any atom is 0.259 e. The first-order chi connectivity index (χ1) is 11.4. The van der Waals surface area contributed by atoms with E-state index < -0.39 is 15.9 Å². The Kier molecular flexibility index (Phi) is 4.19. The van der Waals surface area contributed by atoms with E-state index in [1.807, 2.05) is 6.92 Å². The van der Waals surface area contributed by atoms with Gasteiger partial charge >= 0.3 is 0 Å². The number of benzene rings is 2. The fourth-order valence-corrected chi connectivity index (χ4v) is 4.24. The van der Waals surface area contributed by atoms with E-state index in [4.69, 9.17) is 0 Å². The molecule has 2 aromatic rings. The monoisotopic (exact) mass is 346 g/mol. The van der Waals surface area contributed by atoms with Crippen molar-refractivity contribution in [1.29, 1.82) is 0 Å². The predicted octanol–water partition coefficient (Wildman–Crippen LogP) is 2.49. The Balaban J connectivity index is 1.76. The Bertz CT molecular complexity index is 876. The average molecular weight is 346 g/mol. The lowest BCUT2D eigenvalue weighted by Gasteiger charge is -2.17. The number of carbonyl (C=O) groups excluding carboxylic acids is 1. The van der Waals surface area contributed by atoms with Crippen molar-refractivity contribution in [2.45, 2.75) is 13.3 Å². The summed E-state index contributed by atoms with van der Waals surface area (Å²) in [5.74, 6) is -0.334. The molecule has 2 aromatic carbocycles. The molecule has 0 atom stereocenters. The highest BCUT2D eigenvalue weighted by Crippen LogP contribution is 2.26. The van der Waals surface area contributed by atoms with Crippen LogP contribution in [0.5, 0.6) is 5.75 Å². The summed E-state index contributed by atoms with van der Waals surface area (Å²) in [5.41, 5.74) is 2.16. The van der Waals surface area contributed by atoms with E-state index in [0.717, 1.165) is 5.56 Å². The molecule has 1 amide bonds. The van der Waals surface area contributed by atoms with Gasteiger partial charge in [0.05, 0.1) is 17.0 Å². The lowest BCUT2D eigenvalue weighted by Crippen LogP contribution is -2.25. The highest BCUT2D eigenvalue weighted by molar-refractivity contribution is 7.93. The number of phenolic OH excluding ortho intramolecular Hbond substituents is 1. The van der Waals surface area contributed by atoms with Crippen molar-refractivity contribution in [1.82, 2.24) is 0 Å². The van der Waals surface area contributed by atoms with Crippen molar-refractivity contribution in [3.63, 3.8) is 0 Å². The van der Waals surface area contributed by atoms with Gasteiger partial charge in [-0.1, -0.05) is 6.07 Å². The number of aryl methyl sites for hydroxylation is 1. The summed E-state index contributed by atoms with van der Waals surface area (Å²) in [4.78, 5) is 12.2. The smallest absolute Gasteiger partial charge is 0.259 e. The van der Waals surface area contributed by atoms with E-state index in [-0.39, 0.29) is 17.1 Å². The Labute approximate surface area is 140 Å². The van der Waals surface area contributed by atoms with E-state index in [1.54, 1.807) is 36.4 Å². The van der Waals surface area contributed by atoms with Crippen LogP contribution in [-0.2, 0) is 10.0 Å². The van der Waals surface area contributed by atoms with Gasteiger partial charge in [-0.05, 0) is 55.3 Å². The number of phenols is 1. The van der Waals surface area contributed by atoms with Gasteiger partial charge in [0.1, 0.15) is 5.75 Å². The minimum Gasteiger partial charge on any atom is -0.507 e. The van der Waals surface area contributed by atoms with Crippen LogP contribution in [0, 0.1) is 6.92 Å². The van der Waals surface area contributed by atoms with Crippen LogP contribution in [0.2, 0.25) is 0 Å². The molecule has 0 aromatic heterocycles. The van der Waals surface area contributed by atoms with Crippen LogP contribution in [0.25, 0.3) is 0 Å². The van der Waals surface area contributed by atoms with Crippen molar-refractivity contribution in [3.8, 4) is 5.75 Å². The molecule has 1 aliphatic rings. The quantitative estimate of drug-likeness (QED) is 0.894. The number of aromatic hydroxyl groups is 1. The minimum absolute atomic E-state index is 0.0766. The standard InChI is InChI=1S/C17H18N2O4S/c1-12-3-8-15(16(20)11-12)17(21)18-13-4-6-14(7-5-13)19-9-2-10-24(19,22)23/h3-8,11,20H,2,9-10H2,1H3,(H,18,21). The van der Waals surface area contributed by atoms with Crippen molar-refractivity contribution in [3.05, 3.63) is 53.6 Å². The molecule has 0 unspecified atom stereocenters. The maximum absolute atomic E-state index is 12.2. The summed E-state index contributed by atoms with van der Waals surface area (Å²) in [5, 5.41) is 12.5. The fourth-order valence-electron chi connectivity index (χ4n) is 2.67. The minimum atomic E-state index is -3.22. The number of hydrogen-bond donors (Lipinski definition) is 2. The Morgan fingerprint density at radius 3 is 2.46 bits per heavy atom. The van der Waals surface area contributed by atoms with Crippen LogP contribution < -0.4 is 9.62 Å². The molecule has 1 saturated heterocycles. The summed E-state index contributed by atoms with van der Waals surface area (Å²) >= 11 is 0. The maximum atomic E-state index is 12.2. The predicted molar refractivity (Wildman–Crippen MR) is 93.0 cm³/mol. The van der Waals surface area contributed by atoms with Gasteiger partial charge in [0.15, 0.2) is 0 Å². The van der Waals surface area contributed by atoms with Crippen molar-refractivity contribution in [2.75, 3.05) is 21.9 Å². The zero-order valence-corrected chi connectivity index (χ0v) is 14.0. The molecule has 0 bridgehead atoms. The lowest BCUT2D eigenvalue weighted by molar-refractivity contribution is 0.102. The zero-order chi connectivity index (χ0) is 17.3. The van der Waals surface area contributed by atoms with Crippen LogP contribution in [-0.4, -0.2) is 31.7 Å². The van der Waals surface area contributed by atoms with Gasteiger partial charge in [-0.15, -0.1) is 0 Å². The molecular weight excluding hydrogens is 328 g/mol. The van der Waals surface area contributed by atoms with Crippen LogP contribution in [0.3, 0.4) is 0 Å². The summed E-state index contributed by atoms with van der Waals surface area (Å²) < 4.78 is 25.2. The number of amides is 1. The van der Waals surface area contributed by atoms with Crippen molar-refractivity contribution >= 4 is 27.3 Å². The summed E-state index contributed by atoms with van der Waals surface area (Å²) in [7, 11) is -3.22. The largest absolute Gasteiger partial charge is 0.507 e. The van der Waals surface area contributed by atoms with Gasteiger partial charge in [0.25, 0.3) is 5.91 Å². The molecule has 126 valence electrons. The van der Waals surface area contributed by atoms with Gasteiger partial charge in [-0.2, -0.15) is 0 Å². The second-order valence-electron chi connectivity index (χ2n) is 5.76. The fraction of sp³-hybridized carbons (Fsp3) is 0.235. The number of hydrogen-bond acceptors (Lipinski definition) is 4. The molecule has 1 aliphatic heterocycles. The molecule has 0 radical (unpaired) electrons. The van der Waals surface area contributed by atoms with Gasteiger partial charge in [-0.25, -0.2) is 8.42 Å².